The summed E-state index contributed by atoms with van der Waals surface area (Å²) in [5.74, 6) is 0.612. The van der Waals surface area contributed by atoms with Gasteiger partial charge in [-0.15, -0.1) is 0 Å². The van der Waals surface area contributed by atoms with Crippen LogP contribution in [-0.2, 0) is 19.3 Å². The highest BCUT2D eigenvalue weighted by atomic mass is 15.2. The summed E-state index contributed by atoms with van der Waals surface area (Å²) in [6, 6.07) is 28.0. The van der Waals surface area contributed by atoms with E-state index in [1.165, 1.54) is 27.8 Å². The Morgan fingerprint density at radius 2 is 1.21 bits per heavy atom. The van der Waals surface area contributed by atoms with E-state index in [1.807, 2.05) is 6.07 Å². The molecule has 1 nitrogen and oxygen atoms in total. The van der Waals surface area contributed by atoms with Crippen LogP contribution in [-0.4, -0.2) is 17.0 Å². The molecule has 0 amide bonds. The Kier molecular flexibility index (Phi) is 16.4. The largest absolute Gasteiger partial charge is 0.367 e. The van der Waals surface area contributed by atoms with E-state index in [0.29, 0.717) is 11.3 Å². The summed E-state index contributed by atoms with van der Waals surface area (Å²) in [5.41, 5.74) is 9.71. The van der Waals surface area contributed by atoms with Crippen LogP contribution in [0, 0.1) is 11.3 Å². The second-order valence-electron chi connectivity index (χ2n) is 14.6. The zero-order valence-electron chi connectivity index (χ0n) is 29.7. The number of benzene rings is 3. The minimum absolute atomic E-state index is 0.0692. The van der Waals surface area contributed by atoms with E-state index in [2.05, 4.69) is 167 Å². The van der Waals surface area contributed by atoms with Crippen molar-refractivity contribution in [3.05, 3.63) is 120 Å². The predicted octanol–water partition coefficient (Wildman–Crippen LogP) is 12.3. The van der Waals surface area contributed by atoms with Gasteiger partial charge < -0.3 is 4.90 Å². The molecule has 236 valence electrons. The first-order chi connectivity index (χ1) is 20.1. The van der Waals surface area contributed by atoms with Crippen LogP contribution in [0.15, 0.2) is 92.0 Å². The molecule has 3 aromatic carbocycles. The van der Waals surface area contributed by atoms with Crippen LogP contribution < -0.4 is 0 Å². The van der Waals surface area contributed by atoms with Crippen molar-refractivity contribution in [3.63, 3.8) is 0 Å². The smallest absolute Gasteiger partial charge is 0.0373 e. The van der Waals surface area contributed by atoms with Gasteiger partial charge in [0.1, 0.15) is 0 Å². The summed E-state index contributed by atoms with van der Waals surface area (Å²) in [5, 5.41) is 0. The Morgan fingerprint density at radius 3 is 1.67 bits per heavy atom. The molecule has 0 aliphatic rings. The van der Waals surface area contributed by atoms with Gasteiger partial charge in [-0.2, -0.15) is 0 Å². The third kappa shape index (κ3) is 15.3. The van der Waals surface area contributed by atoms with Gasteiger partial charge >= 0.3 is 0 Å². The molecular weight excluding hydrogens is 518 g/mol. The van der Waals surface area contributed by atoms with E-state index in [1.54, 1.807) is 0 Å². The van der Waals surface area contributed by atoms with Crippen molar-refractivity contribution in [1.29, 1.82) is 0 Å². The molecule has 0 radical (unpaired) electrons. The van der Waals surface area contributed by atoms with E-state index in [4.69, 9.17) is 0 Å². The van der Waals surface area contributed by atoms with Crippen molar-refractivity contribution >= 4 is 11.3 Å². The summed E-state index contributed by atoms with van der Waals surface area (Å²) < 4.78 is 0. The molecule has 0 spiro atoms. The lowest BCUT2D eigenvalue weighted by molar-refractivity contribution is 0.222. The van der Waals surface area contributed by atoms with E-state index >= 15 is 0 Å². The highest BCUT2D eigenvalue weighted by molar-refractivity contribution is 5.66. The molecule has 0 aliphatic carbocycles. The predicted molar refractivity (Wildman–Crippen MR) is 196 cm³/mol. The Hall–Kier alpha value is -3.06. The van der Waals surface area contributed by atoms with Crippen molar-refractivity contribution in [3.8, 4) is 0 Å². The average molecular weight is 582 g/mol. The van der Waals surface area contributed by atoms with Crippen LogP contribution in [0.5, 0.6) is 0 Å². The van der Waals surface area contributed by atoms with Gasteiger partial charge in [-0.3, -0.25) is 0 Å². The normalized spacial score (nSPS) is 11.8. The first-order valence-corrected chi connectivity index (χ1v) is 16.4. The quantitative estimate of drug-likeness (QED) is 0.218. The minimum atomic E-state index is 0.0692. The Morgan fingerprint density at radius 1 is 0.721 bits per heavy atom. The highest BCUT2D eigenvalue weighted by Crippen LogP contribution is 2.30. The lowest BCUT2D eigenvalue weighted by atomic mass is 9.89. The zero-order valence-corrected chi connectivity index (χ0v) is 29.7. The number of rotatable bonds is 11. The number of hydrogen-bond acceptors (Lipinski definition) is 1. The molecule has 0 aromatic heterocycles. The summed E-state index contributed by atoms with van der Waals surface area (Å²) in [7, 11) is 0. The van der Waals surface area contributed by atoms with E-state index in [0.717, 1.165) is 49.9 Å². The van der Waals surface area contributed by atoms with Crippen molar-refractivity contribution < 1.29 is 0 Å². The Labute approximate surface area is 267 Å². The molecule has 43 heavy (non-hydrogen) atoms. The number of hydrogen-bond donors (Lipinski definition) is 0. The van der Waals surface area contributed by atoms with Gasteiger partial charge in [0.2, 0.25) is 0 Å². The van der Waals surface area contributed by atoms with Gasteiger partial charge in [-0.05, 0) is 93.4 Å². The molecule has 1 unspecified atom stereocenters. The molecule has 0 N–H and O–H groups in total. The van der Waals surface area contributed by atoms with Crippen LogP contribution in [0.4, 0.5) is 0 Å². The number of nitrogens with zero attached hydrogens (tertiary/aromatic N) is 1. The maximum absolute atomic E-state index is 4.51. The Bertz CT molecular complexity index is 1210. The van der Waals surface area contributed by atoms with Gasteiger partial charge in [0.25, 0.3) is 0 Å². The first-order valence-electron chi connectivity index (χ1n) is 16.4. The lowest BCUT2D eigenvalue weighted by Crippen LogP contribution is -2.40. The SMILES string of the molecule is C=C(C)c1ccccc1CC(C)CCc1ccccc1C(=C)N(CCC)C(C)(C)C.CC(C)(C)C.CCc1ccccc1. The molecule has 0 fully saturated rings. The molecule has 0 saturated carbocycles. The molecule has 0 saturated heterocycles. The van der Waals surface area contributed by atoms with Crippen LogP contribution in [0.25, 0.3) is 11.3 Å². The van der Waals surface area contributed by atoms with Gasteiger partial charge in [-0.1, -0.05) is 146 Å². The third-order valence-electron chi connectivity index (χ3n) is 7.11. The molecule has 1 heteroatoms. The maximum atomic E-state index is 4.51. The highest BCUT2D eigenvalue weighted by Gasteiger charge is 2.23. The van der Waals surface area contributed by atoms with E-state index in [9.17, 15) is 0 Å². The van der Waals surface area contributed by atoms with E-state index < -0.39 is 0 Å². The first kappa shape index (κ1) is 38.0. The molecule has 1 atom stereocenters. The molecular formula is C42H63N. The van der Waals surface area contributed by atoms with Gasteiger partial charge in [-0.25, -0.2) is 0 Å². The maximum Gasteiger partial charge on any atom is 0.0373 e. The zero-order chi connectivity index (χ0) is 32.6. The van der Waals surface area contributed by atoms with E-state index in [-0.39, 0.29) is 5.54 Å². The molecule has 0 aliphatic heterocycles. The molecule has 0 bridgehead atoms. The fraction of sp³-hybridized carbons (Fsp3) is 0.476. The lowest BCUT2D eigenvalue weighted by Gasteiger charge is -2.39. The van der Waals surface area contributed by atoms with Gasteiger partial charge in [0.15, 0.2) is 0 Å². The molecule has 3 aromatic rings. The van der Waals surface area contributed by atoms with Crippen molar-refractivity contribution in [2.75, 3.05) is 6.54 Å². The standard InChI is InChI=1S/C29H41N.C8H10.C5H12/c1-9-20-30(29(6,7)8)24(5)28-17-13-10-14-25(28)19-18-23(4)21-26-15-11-12-16-27(26)22(2)3;1-2-8-6-4-3-5-7-8;1-5(2,3)4/h10-17,23H,2,5,9,18-21H2,1,3-4,6-8H3;3-7H,2H2,1H3;1-4H3. The molecule has 0 heterocycles. The van der Waals surface area contributed by atoms with Crippen LogP contribution >= 0.6 is 0 Å². The van der Waals surface area contributed by atoms with Crippen LogP contribution in [0.1, 0.15) is 117 Å². The fourth-order valence-corrected chi connectivity index (χ4v) is 4.97. The topological polar surface area (TPSA) is 3.24 Å². The van der Waals surface area contributed by atoms with Crippen LogP contribution in [0.2, 0.25) is 0 Å². The monoisotopic (exact) mass is 581 g/mol. The second kappa shape index (κ2) is 18.6. The third-order valence-corrected chi connectivity index (χ3v) is 7.11. The number of aryl methyl sites for hydroxylation is 2. The number of allylic oxidation sites excluding steroid dienone is 1. The minimum Gasteiger partial charge on any atom is -0.367 e. The molecule has 3 rings (SSSR count). The summed E-state index contributed by atoms with van der Waals surface area (Å²) in [6.45, 7) is 34.1. The Balaban J connectivity index is 0.000000584. The van der Waals surface area contributed by atoms with Gasteiger partial charge in [0.05, 0.1) is 0 Å². The summed E-state index contributed by atoms with van der Waals surface area (Å²) in [4.78, 5) is 2.46. The summed E-state index contributed by atoms with van der Waals surface area (Å²) in [6.07, 6.45) is 5.60. The average Bonchev–Trinajstić information content (AvgIpc) is 2.94. The van der Waals surface area contributed by atoms with Crippen molar-refractivity contribution in [2.45, 2.75) is 114 Å². The fourth-order valence-electron chi connectivity index (χ4n) is 4.97. The second-order valence-corrected chi connectivity index (χ2v) is 14.6. The van der Waals surface area contributed by atoms with Gasteiger partial charge in [0, 0.05) is 23.3 Å². The van der Waals surface area contributed by atoms with Crippen LogP contribution in [0.3, 0.4) is 0 Å². The van der Waals surface area contributed by atoms with Crippen molar-refractivity contribution in [2.24, 2.45) is 11.3 Å². The summed E-state index contributed by atoms with van der Waals surface area (Å²) >= 11 is 0. The van der Waals surface area contributed by atoms with Crippen molar-refractivity contribution in [1.82, 2.24) is 4.90 Å².